The number of anilines is 1. The van der Waals surface area contributed by atoms with Crippen LogP contribution in [0.4, 0.5) is 5.82 Å². The number of amides is 1. The molecule has 0 aliphatic rings. The third-order valence-electron chi connectivity index (χ3n) is 2.31. The molecule has 0 saturated carbocycles. The van der Waals surface area contributed by atoms with Crippen LogP contribution in [0.15, 0.2) is 30.6 Å². The van der Waals surface area contributed by atoms with E-state index in [1.165, 1.54) is 30.6 Å². The minimum atomic E-state index is -1.30. The average molecular weight is 312 g/mol. The van der Waals surface area contributed by atoms with Gasteiger partial charge in [-0.1, -0.05) is 23.2 Å². The Labute approximate surface area is 123 Å². The molecule has 2 aromatic rings. The second-order valence-corrected chi connectivity index (χ2v) is 4.48. The van der Waals surface area contributed by atoms with Gasteiger partial charge in [0.05, 0.1) is 10.6 Å². The lowest BCUT2D eigenvalue weighted by Crippen LogP contribution is -2.17. The summed E-state index contributed by atoms with van der Waals surface area (Å²) in [5.41, 5.74) is -0.250. The summed E-state index contributed by atoms with van der Waals surface area (Å²) in [6, 6.07) is 4.37. The monoisotopic (exact) mass is 311 g/mol. The molecule has 0 atom stereocenters. The van der Waals surface area contributed by atoms with Gasteiger partial charge < -0.3 is 10.4 Å². The summed E-state index contributed by atoms with van der Waals surface area (Å²) in [6.45, 7) is 0. The molecule has 102 valence electrons. The molecular formula is C12H7Cl2N3O3. The molecule has 0 aliphatic carbocycles. The van der Waals surface area contributed by atoms with Gasteiger partial charge in [-0.2, -0.15) is 0 Å². The second-order valence-electron chi connectivity index (χ2n) is 3.64. The Kier molecular flexibility index (Phi) is 4.16. The Morgan fingerprint density at radius 1 is 1.15 bits per heavy atom. The zero-order valence-corrected chi connectivity index (χ0v) is 11.3. The number of carbonyl (C=O) groups is 2. The zero-order chi connectivity index (χ0) is 14.7. The van der Waals surface area contributed by atoms with Crippen LogP contribution in [-0.2, 0) is 0 Å². The number of aromatic carboxylic acids is 1. The van der Waals surface area contributed by atoms with Crippen molar-refractivity contribution in [2.75, 3.05) is 5.32 Å². The third-order valence-corrected chi connectivity index (χ3v) is 2.87. The van der Waals surface area contributed by atoms with E-state index in [1.807, 2.05) is 0 Å². The third kappa shape index (κ3) is 3.04. The maximum Gasteiger partial charge on any atom is 0.358 e. The number of rotatable bonds is 3. The summed E-state index contributed by atoms with van der Waals surface area (Å²) in [5, 5.41) is 11.8. The Bertz CT molecular complexity index is 691. The highest BCUT2D eigenvalue weighted by atomic mass is 35.5. The number of carboxylic acids is 1. The summed E-state index contributed by atoms with van der Waals surface area (Å²) in [6.07, 6.45) is 2.48. The molecule has 0 aliphatic heterocycles. The maximum absolute atomic E-state index is 12.0. The van der Waals surface area contributed by atoms with Gasteiger partial charge in [0, 0.05) is 17.4 Å². The molecule has 0 fully saturated rings. The number of nitrogens with zero attached hydrogens (tertiary/aromatic N) is 2. The lowest BCUT2D eigenvalue weighted by molar-refractivity contribution is 0.0691. The lowest BCUT2D eigenvalue weighted by Gasteiger charge is -2.07. The lowest BCUT2D eigenvalue weighted by atomic mass is 10.2. The van der Waals surface area contributed by atoms with Gasteiger partial charge in [0.1, 0.15) is 0 Å². The van der Waals surface area contributed by atoms with E-state index in [9.17, 15) is 9.59 Å². The van der Waals surface area contributed by atoms with Gasteiger partial charge in [-0.15, -0.1) is 0 Å². The van der Waals surface area contributed by atoms with Crippen molar-refractivity contribution in [3.05, 3.63) is 51.9 Å². The Balaban J connectivity index is 2.33. The quantitative estimate of drug-likeness (QED) is 0.909. The summed E-state index contributed by atoms with van der Waals surface area (Å²) >= 11 is 11.7. The van der Waals surface area contributed by atoms with Crippen LogP contribution >= 0.6 is 23.2 Å². The number of carbonyl (C=O) groups excluding carboxylic acids is 1. The fraction of sp³-hybridized carbons (Fsp3) is 0. The van der Waals surface area contributed by atoms with Crippen LogP contribution in [0.25, 0.3) is 0 Å². The molecule has 0 unspecified atom stereocenters. The Morgan fingerprint density at radius 3 is 2.55 bits per heavy atom. The van der Waals surface area contributed by atoms with Crippen molar-refractivity contribution < 1.29 is 14.7 Å². The van der Waals surface area contributed by atoms with Gasteiger partial charge in [0.25, 0.3) is 5.91 Å². The first-order chi connectivity index (χ1) is 9.49. The highest BCUT2D eigenvalue weighted by Gasteiger charge is 2.17. The topological polar surface area (TPSA) is 92.2 Å². The highest BCUT2D eigenvalue weighted by molar-refractivity contribution is 6.36. The first kappa shape index (κ1) is 14.2. The predicted octanol–water partition coefficient (Wildman–Crippen LogP) is 2.73. The fourth-order valence-electron chi connectivity index (χ4n) is 1.43. The number of aromatic nitrogens is 2. The number of hydrogen-bond donors (Lipinski definition) is 2. The van der Waals surface area contributed by atoms with Gasteiger partial charge in [0.2, 0.25) is 0 Å². The van der Waals surface area contributed by atoms with E-state index in [1.54, 1.807) is 0 Å². The van der Waals surface area contributed by atoms with Crippen LogP contribution in [0.5, 0.6) is 0 Å². The molecule has 0 radical (unpaired) electrons. The number of halogens is 2. The zero-order valence-electron chi connectivity index (χ0n) is 9.80. The number of nitrogens with one attached hydrogen (secondary N) is 1. The number of carboxylic acid groups (broad SMARTS) is 1. The summed E-state index contributed by atoms with van der Waals surface area (Å²) in [4.78, 5) is 30.4. The van der Waals surface area contributed by atoms with Crippen LogP contribution in [0.2, 0.25) is 10.0 Å². The van der Waals surface area contributed by atoms with E-state index in [0.29, 0.717) is 5.02 Å². The predicted molar refractivity (Wildman–Crippen MR) is 73.4 cm³/mol. The van der Waals surface area contributed by atoms with Gasteiger partial charge in [-0.05, 0) is 18.2 Å². The van der Waals surface area contributed by atoms with E-state index < -0.39 is 11.9 Å². The van der Waals surface area contributed by atoms with Crippen molar-refractivity contribution in [1.29, 1.82) is 0 Å². The van der Waals surface area contributed by atoms with Crippen LogP contribution in [0.1, 0.15) is 20.8 Å². The standard InChI is InChI=1S/C12H7Cl2N3O3/c13-6-1-2-8(14)7(5-6)11(18)17-10-9(12(19)20)15-3-4-16-10/h1-5H,(H,19,20)(H,16,17,18). The molecule has 0 bridgehead atoms. The fourth-order valence-corrected chi connectivity index (χ4v) is 1.81. The van der Waals surface area contributed by atoms with Crippen molar-refractivity contribution in [2.45, 2.75) is 0 Å². The largest absolute Gasteiger partial charge is 0.476 e. The molecular weight excluding hydrogens is 305 g/mol. The second kappa shape index (κ2) is 5.85. The van der Waals surface area contributed by atoms with Crippen molar-refractivity contribution in [1.82, 2.24) is 9.97 Å². The van der Waals surface area contributed by atoms with E-state index in [4.69, 9.17) is 28.3 Å². The molecule has 8 heteroatoms. The normalized spacial score (nSPS) is 10.1. The minimum Gasteiger partial charge on any atom is -0.476 e. The van der Waals surface area contributed by atoms with Crippen molar-refractivity contribution in [2.24, 2.45) is 0 Å². The Morgan fingerprint density at radius 2 is 1.85 bits per heavy atom. The Hall–Kier alpha value is -2.18. The molecule has 6 nitrogen and oxygen atoms in total. The molecule has 1 aromatic carbocycles. The van der Waals surface area contributed by atoms with Gasteiger partial charge in [-0.3, -0.25) is 4.79 Å². The van der Waals surface area contributed by atoms with Gasteiger partial charge >= 0.3 is 5.97 Å². The van der Waals surface area contributed by atoms with Gasteiger partial charge in [0.15, 0.2) is 11.5 Å². The van der Waals surface area contributed by atoms with E-state index in [2.05, 4.69) is 15.3 Å². The SMILES string of the molecule is O=C(Nc1nccnc1C(=O)O)c1cc(Cl)ccc1Cl. The van der Waals surface area contributed by atoms with Crippen LogP contribution in [-0.4, -0.2) is 27.0 Å². The van der Waals surface area contributed by atoms with Crippen molar-refractivity contribution >= 4 is 40.9 Å². The molecule has 0 saturated heterocycles. The highest BCUT2D eigenvalue weighted by Crippen LogP contribution is 2.22. The van der Waals surface area contributed by atoms with Crippen LogP contribution in [0.3, 0.4) is 0 Å². The maximum atomic E-state index is 12.0. The molecule has 2 rings (SSSR count). The smallest absolute Gasteiger partial charge is 0.358 e. The molecule has 1 amide bonds. The van der Waals surface area contributed by atoms with Crippen molar-refractivity contribution in [3.63, 3.8) is 0 Å². The number of hydrogen-bond acceptors (Lipinski definition) is 4. The summed E-state index contributed by atoms with van der Waals surface area (Å²) in [7, 11) is 0. The molecule has 1 heterocycles. The number of benzene rings is 1. The minimum absolute atomic E-state index is 0.112. The summed E-state index contributed by atoms with van der Waals surface area (Å²) < 4.78 is 0. The van der Waals surface area contributed by atoms with E-state index in [0.717, 1.165) is 0 Å². The van der Waals surface area contributed by atoms with Crippen LogP contribution in [0, 0.1) is 0 Å². The molecule has 0 spiro atoms. The van der Waals surface area contributed by atoms with E-state index in [-0.39, 0.29) is 22.1 Å². The molecule has 1 aromatic heterocycles. The average Bonchev–Trinajstić information content (AvgIpc) is 2.41. The molecule has 20 heavy (non-hydrogen) atoms. The first-order valence-corrected chi connectivity index (χ1v) is 6.05. The first-order valence-electron chi connectivity index (χ1n) is 5.29. The summed E-state index contributed by atoms with van der Waals surface area (Å²) in [5.74, 6) is -2.09. The molecule has 2 N–H and O–H groups in total. The van der Waals surface area contributed by atoms with Crippen LogP contribution < -0.4 is 5.32 Å². The van der Waals surface area contributed by atoms with Crippen molar-refractivity contribution in [3.8, 4) is 0 Å². The van der Waals surface area contributed by atoms with E-state index >= 15 is 0 Å². The van der Waals surface area contributed by atoms with Gasteiger partial charge in [-0.25, -0.2) is 14.8 Å².